The van der Waals surface area contributed by atoms with Crippen LogP contribution >= 0.6 is 0 Å². The minimum atomic E-state index is -0.323. The average Bonchev–Trinajstić information content (AvgIpc) is 2.76. The van der Waals surface area contributed by atoms with Gasteiger partial charge in [0.05, 0.1) is 39.1 Å². The first-order valence-electron chi connectivity index (χ1n) is 10.7. The molecule has 0 atom stereocenters. The first-order valence-corrected chi connectivity index (χ1v) is 10.7. The first-order chi connectivity index (χ1) is 14.6. The number of carbonyl (C=O) groups excluding carboxylic acids is 1. The molecule has 0 radical (unpaired) electrons. The standard InChI is InChI=1S/C25H32O5/c1-25(18-29-19-25)17-28-15-5-3-4-6-16-30-23-13-11-21(12-14-23)20-7-9-22(10-8-20)24(26)27-2/h7-14H,3-6,15-19H2,1-2H3. The van der Waals surface area contributed by atoms with Crippen molar-refractivity contribution in [2.24, 2.45) is 5.41 Å². The van der Waals surface area contributed by atoms with Crippen molar-refractivity contribution in [1.29, 1.82) is 0 Å². The predicted molar refractivity (Wildman–Crippen MR) is 117 cm³/mol. The highest BCUT2D eigenvalue weighted by molar-refractivity contribution is 5.89. The summed E-state index contributed by atoms with van der Waals surface area (Å²) in [5.41, 5.74) is 2.93. The zero-order chi connectivity index (χ0) is 21.2. The summed E-state index contributed by atoms with van der Waals surface area (Å²) >= 11 is 0. The van der Waals surface area contributed by atoms with E-state index in [2.05, 4.69) is 6.92 Å². The smallest absolute Gasteiger partial charge is 0.337 e. The monoisotopic (exact) mass is 412 g/mol. The van der Waals surface area contributed by atoms with E-state index < -0.39 is 0 Å². The fourth-order valence-corrected chi connectivity index (χ4v) is 3.36. The Labute approximate surface area is 179 Å². The minimum absolute atomic E-state index is 0.246. The molecule has 0 bridgehead atoms. The normalized spacial score (nSPS) is 14.7. The molecular weight excluding hydrogens is 380 g/mol. The molecule has 1 aliphatic rings. The lowest BCUT2D eigenvalue weighted by Crippen LogP contribution is -2.43. The van der Waals surface area contributed by atoms with Gasteiger partial charge in [-0.15, -0.1) is 0 Å². The van der Waals surface area contributed by atoms with Gasteiger partial charge >= 0.3 is 5.97 Å². The molecule has 0 aliphatic carbocycles. The Morgan fingerprint density at radius 1 is 0.900 bits per heavy atom. The van der Waals surface area contributed by atoms with Crippen LogP contribution in [0.1, 0.15) is 43.0 Å². The lowest BCUT2D eigenvalue weighted by molar-refractivity contribution is -0.137. The van der Waals surface area contributed by atoms with Gasteiger partial charge in [-0.1, -0.05) is 37.6 Å². The third-order valence-corrected chi connectivity index (χ3v) is 5.30. The van der Waals surface area contributed by atoms with E-state index in [-0.39, 0.29) is 11.4 Å². The zero-order valence-electron chi connectivity index (χ0n) is 18.0. The third kappa shape index (κ3) is 6.57. The van der Waals surface area contributed by atoms with Crippen LogP contribution in [0.3, 0.4) is 0 Å². The SMILES string of the molecule is COC(=O)c1ccc(-c2ccc(OCCCCCCOCC3(C)COC3)cc2)cc1. The molecular formula is C25H32O5. The van der Waals surface area contributed by atoms with Gasteiger partial charge in [-0.3, -0.25) is 0 Å². The van der Waals surface area contributed by atoms with Crippen molar-refractivity contribution in [2.75, 3.05) is 40.1 Å². The summed E-state index contributed by atoms with van der Waals surface area (Å²) in [4.78, 5) is 11.5. The van der Waals surface area contributed by atoms with Gasteiger partial charge in [0.2, 0.25) is 0 Å². The zero-order valence-corrected chi connectivity index (χ0v) is 18.0. The van der Waals surface area contributed by atoms with Crippen molar-refractivity contribution in [3.8, 4) is 16.9 Å². The van der Waals surface area contributed by atoms with Crippen LogP contribution in [0.2, 0.25) is 0 Å². The fourth-order valence-electron chi connectivity index (χ4n) is 3.36. The third-order valence-electron chi connectivity index (χ3n) is 5.30. The highest BCUT2D eigenvalue weighted by Gasteiger charge is 2.33. The second-order valence-corrected chi connectivity index (χ2v) is 8.21. The Bertz CT molecular complexity index is 778. The molecule has 1 saturated heterocycles. The molecule has 0 unspecified atom stereocenters. The second kappa shape index (κ2) is 11.1. The number of unbranched alkanes of at least 4 members (excludes halogenated alkanes) is 3. The number of hydrogen-bond donors (Lipinski definition) is 0. The predicted octanol–water partition coefficient (Wildman–Crippen LogP) is 5.13. The van der Waals surface area contributed by atoms with Crippen LogP contribution in [0.5, 0.6) is 5.75 Å². The van der Waals surface area contributed by atoms with Crippen LogP contribution < -0.4 is 4.74 Å². The lowest BCUT2D eigenvalue weighted by Gasteiger charge is -2.37. The summed E-state index contributed by atoms with van der Waals surface area (Å²) in [6, 6.07) is 15.4. The van der Waals surface area contributed by atoms with Crippen molar-refractivity contribution >= 4 is 5.97 Å². The van der Waals surface area contributed by atoms with Gasteiger partial charge in [-0.05, 0) is 54.7 Å². The number of carbonyl (C=O) groups is 1. The molecule has 5 heteroatoms. The molecule has 2 aromatic carbocycles. The molecule has 1 fully saturated rings. The largest absolute Gasteiger partial charge is 0.494 e. The Morgan fingerprint density at radius 2 is 1.50 bits per heavy atom. The van der Waals surface area contributed by atoms with Crippen molar-refractivity contribution in [1.82, 2.24) is 0 Å². The van der Waals surface area contributed by atoms with E-state index in [1.807, 2.05) is 36.4 Å². The van der Waals surface area contributed by atoms with Crippen molar-refractivity contribution in [2.45, 2.75) is 32.6 Å². The van der Waals surface area contributed by atoms with Crippen molar-refractivity contribution < 1.29 is 23.7 Å². The van der Waals surface area contributed by atoms with E-state index in [1.165, 1.54) is 7.11 Å². The molecule has 162 valence electrons. The lowest BCUT2D eigenvalue weighted by atomic mass is 9.90. The van der Waals surface area contributed by atoms with Crippen LogP contribution in [0.15, 0.2) is 48.5 Å². The molecule has 2 aromatic rings. The second-order valence-electron chi connectivity index (χ2n) is 8.21. The highest BCUT2D eigenvalue weighted by Crippen LogP contribution is 2.26. The molecule has 0 spiro atoms. The maximum Gasteiger partial charge on any atom is 0.337 e. The summed E-state index contributed by atoms with van der Waals surface area (Å²) in [7, 11) is 1.39. The fraction of sp³-hybridized carbons (Fsp3) is 0.480. The molecule has 0 aromatic heterocycles. The molecule has 5 nitrogen and oxygen atoms in total. The van der Waals surface area contributed by atoms with Crippen LogP contribution in [-0.4, -0.2) is 46.1 Å². The summed E-state index contributed by atoms with van der Waals surface area (Å²) < 4.78 is 21.6. The molecule has 3 rings (SSSR count). The van der Waals surface area contributed by atoms with Gasteiger partial charge < -0.3 is 18.9 Å². The molecule has 30 heavy (non-hydrogen) atoms. The van der Waals surface area contributed by atoms with Gasteiger partial charge in [0.15, 0.2) is 0 Å². The van der Waals surface area contributed by atoms with Crippen LogP contribution in [0.4, 0.5) is 0 Å². The summed E-state index contributed by atoms with van der Waals surface area (Å²) in [6.45, 7) is 6.23. The Morgan fingerprint density at radius 3 is 2.07 bits per heavy atom. The average molecular weight is 413 g/mol. The van der Waals surface area contributed by atoms with Gasteiger partial charge in [0.1, 0.15) is 5.75 Å². The number of methoxy groups -OCH3 is 1. The molecule has 0 saturated carbocycles. The number of hydrogen-bond acceptors (Lipinski definition) is 5. The van der Waals surface area contributed by atoms with E-state index >= 15 is 0 Å². The number of rotatable bonds is 12. The Hall–Kier alpha value is -2.37. The van der Waals surface area contributed by atoms with E-state index in [9.17, 15) is 4.79 Å². The quantitative estimate of drug-likeness (QED) is 0.357. The van der Waals surface area contributed by atoms with E-state index in [1.54, 1.807) is 12.1 Å². The maximum atomic E-state index is 11.5. The number of esters is 1. The summed E-state index contributed by atoms with van der Waals surface area (Å²) in [5.74, 6) is 0.556. The molecule has 1 heterocycles. The van der Waals surface area contributed by atoms with Crippen LogP contribution in [0.25, 0.3) is 11.1 Å². The van der Waals surface area contributed by atoms with Crippen LogP contribution in [0, 0.1) is 5.41 Å². The van der Waals surface area contributed by atoms with Crippen molar-refractivity contribution in [3.05, 3.63) is 54.1 Å². The number of ether oxygens (including phenoxy) is 4. The Balaban J connectivity index is 1.29. The van der Waals surface area contributed by atoms with Crippen LogP contribution in [-0.2, 0) is 14.2 Å². The minimum Gasteiger partial charge on any atom is -0.494 e. The molecule has 0 amide bonds. The Kier molecular flexibility index (Phi) is 8.29. The summed E-state index contributed by atoms with van der Waals surface area (Å²) in [6.07, 6.45) is 4.45. The highest BCUT2D eigenvalue weighted by atomic mass is 16.5. The first kappa shape index (κ1) is 22.3. The van der Waals surface area contributed by atoms with E-state index in [0.717, 1.165) is 75.6 Å². The van der Waals surface area contributed by atoms with E-state index in [4.69, 9.17) is 18.9 Å². The van der Waals surface area contributed by atoms with Gasteiger partial charge in [0.25, 0.3) is 0 Å². The van der Waals surface area contributed by atoms with Gasteiger partial charge in [-0.2, -0.15) is 0 Å². The number of benzene rings is 2. The molecule has 0 N–H and O–H groups in total. The van der Waals surface area contributed by atoms with Gasteiger partial charge in [0, 0.05) is 12.0 Å². The maximum absolute atomic E-state index is 11.5. The van der Waals surface area contributed by atoms with E-state index in [0.29, 0.717) is 5.56 Å². The van der Waals surface area contributed by atoms with Gasteiger partial charge in [-0.25, -0.2) is 4.79 Å². The molecule has 1 aliphatic heterocycles. The topological polar surface area (TPSA) is 54.0 Å². The summed E-state index contributed by atoms with van der Waals surface area (Å²) in [5, 5.41) is 0. The van der Waals surface area contributed by atoms with Crippen molar-refractivity contribution in [3.63, 3.8) is 0 Å².